The molecule has 0 saturated carbocycles. The van der Waals surface area contributed by atoms with Crippen molar-refractivity contribution in [1.82, 2.24) is 0 Å². The van der Waals surface area contributed by atoms with Gasteiger partial charge in [0.2, 0.25) is 0 Å². The van der Waals surface area contributed by atoms with E-state index in [1.54, 1.807) is 25.3 Å². The maximum absolute atomic E-state index is 5.98. The number of nitrogens with zero attached hydrogens (tertiary/aromatic N) is 2. The second kappa shape index (κ2) is 9.71. The molecule has 0 atom stereocenters. The molecule has 0 unspecified atom stereocenters. The lowest BCUT2D eigenvalue weighted by atomic mass is 10.0. The first kappa shape index (κ1) is 20.4. The minimum atomic E-state index is 0.431. The maximum Gasteiger partial charge on any atom is 0.124 e. The summed E-state index contributed by atoms with van der Waals surface area (Å²) in [5, 5.41) is 4.63. The third kappa shape index (κ3) is 5.80. The van der Waals surface area contributed by atoms with E-state index in [2.05, 4.69) is 34.4 Å². The summed E-state index contributed by atoms with van der Waals surface area (Å²) in [6.07, 6.45) is 3.72. The molecular weight excluding hydrogens is 382 g/mol. The minimum Gasteiger partial charge on any atom is -0.399 e. The lowest BCUT2D eigenvalue weighted by Gasteiger charge is -2.05. The van der Waals surface area contributed by atoms with E-state index in [4.69, 9.17) is 22.2 Å². The standard InChI is InChI=1S/C24H22ClN3O/c1-17(28-29-2)19-8-10-21(11-9-19)20-6-3-18(4-7-20)5-16-24(26)27-23-14-12-22(25)13-15-23/h3-16H,1-2H3,(H2,26,27)/b16-5-,28-17+. The molecule has 2 N–H and O–H groups in total. The maximum atomic E-state index is 5.98. The summed E-state index contributed by atoms with van der Waals surface area (Å²) in [7, 11) is 1.55. The Balaban J connectivity index is 1.69. The fourth-order valence-electron chi connectivity index (χ4n) is 2.76. The highest BCUT2D eigenvalue weighted by molar-refractivity contribution is 6.30. The van der Waals surface area contributed by atoms with Crippen LogP contribution in [0.1, 0.15) is 18.1 Å². The normalized spacial score (nSPS) is 12.4. The number of hydrogen-bond acceptors (Lipinski definition) is 3. The first-order chi connectivity index (χ1) is 14.0. The molecule has 0 radical (unpaired) electrons. The van der Waals surface area contributed by atoms with Gasteiger partial charge in [-0.3, -0.25) is 0 Å². The summed E-state index contributed by atoms with van der Waals surface area (Å²) < 4.78 is 0. The summed E-state index contributed by atoms with van der Waals surface area (Å²) in [4.78, 5) is 9.17. The van der Waals surface area contributed by atoms with Gasteiger partial charge < -0.3 is 10.6 Å². The average molecular weight is 404 g/mol. The van der Waals surface area contributed by atoms with E-state index in [1.807, 2.05) is 49.4 Å². The van der Waals surface area contributed by atoms with Crippen molar-refractivity contribution in [3.63, 3.8) is 0 Å². The van der Waals surface area contributed by atoms with E-state index in [9.17, 15) is 0 Å². The van der Waals surface area contributed by atoms with Crippen LogP contribution in [0.5, 0.6) is 0 Å². The molecule has 0 spiro atoms. The Hall–Kier alpha value is -3.37. The van der Waals surface area contributed by atoms with Crippen molar-refractivity contribution in [2.45, 2.75) is 6.92 Å². The zero-order valence-corrected chi connectivity index (χ0v) is 17.1. The highest BCUT2D eigenvalue weighted by Crippen LogP contribution is 2.21. The number of aliphatic imine (C=N–C) groups is 1. The number of halogens is 1. The van der Waals surface area contributed by atoms with Crippen LogP contribution in [0.25, 0.3) is 17.2 Å². The number of benzene rings is 3. The van der Waals surface area contributed by atoms with E-state index in [0.717, 1.165) is 33.7 Å². The van der Waals surface area contributed by atoms with Gasteiger partial charge in [0.25, 0.3) is 0 Å². The van der Waals surface area contributed by atoms with Gasteiger partial charge in [0.15, 0.2) is 0 Å². The lowest BCUT2D eigenvalue weighted by molar-refractivity contribution is 0.213. The first-order valence-corrected chi connectivity index (χ1v) is 9.49. The Kier molecular flexibility index (Phi) is 6.82. The van der Waals surface area contributed by atoms with Crippen LogP contribution in [0.3, 0.4) is 0 Å². The molecule has 3 aromatic carbocycles. The van der Waals surface area contributed by atoms with E-state index in [1.165, 1.54) is 0 Å². The molecule has 4 nitrogen and oxygen atoms in total. The van der Waals surface area contributed by atoms with Crippen LogP contribution < -0.4 is 5.73 Å². The van der Waals surface area contributed by atoms with Crippen molar-refractivity contribution in [2.24, 2.45) is 15.9 Å². The number of amidine groups is 1. The topological polar surface area (TPSA) is 60.0 Å². The Morgan fingerprint density at radius 1 is 0.897 bits per heavy atom. The molecule has 0 bridgehead atoms. The van der Waals surface area contributed by atoms with Crippen molar-refractivity contribution in [1.29, 1.82) is 0 Å². The molecule has 146 valence electrons. The third-order valence-corrected chi connectivity index (χ3v) is 4.56. The van der Waals surface area contributed by atoms with Crippen LogP contribution in [0.15, 0.2) is 89.0 Å². The van der Waals surface area contributed by atoms with Gasteiger partial charge in [-0.15, -0.1) is 0 Å². The van der Waals surface area contributed by atoms with Crippen LogP contribution in [0.4, 0.5) is 5.69 Å². The van der Waals surface area contributed by atoms with Gasteiger partial charge in [-0.2, -0.15) is 0 Å². The summed E-state index contributed by atoms with van der Waals surface area (Å²) >= 11 is 5.88. The number of hydrogen-bond donors (Lipinski definition) is 1. The summed E-state index contributed by atoms with van der Waals surface area (Å²) in [5.74, 6) is 0.431. The highest BCUT2D eigenvalue weighted by atomic mass is 35.5. The fraction of sp³-hybridized carbons (Fsp3) is 0.0833. The van der Waals surface area contributed by atoms with Crippen LogP contribution in [0, 0.1) is 0 Å². The molecule has 0 aliphatic rings. The van der Waals surface area contributed by atoms with Crippen molar-refractivity contribution in [3.8, 4) is 11.1 Å². The van der Waals surface area contributed by atoms with Gasteiger partial charge in [0, 0.05) is 5.02 Å². The van der Waals surface area contributed by atoms with Crippen molar-refractivity contribution >= 4 is 34.9 Å². The molecule has 0 aliphatic carbocycles. The molecular formula is C24H22ClN3O. The van der Waals surface area contributed by atoms with Crippen LogP contribution >= 0.6 is 11.6 Å². The number of nitrogens with two attached hydrogens (primary N) is 1. The van der Waals surface area contributed by atoms with E-state index in [0.29, 0.717) is 10.9 Å². The Bertz CT molecular complexity index is 1030. The van der Waals surface area contributed by atoms with Gasteiger partial charge in [-0.25, -0.2) is 4.99 Å². The second-order valence-corrected chi connectivity index (χ2v) is 6.84. The van der Waals surface area contributed by atoms with Crippen LogP contribution in [-0.2, 0) is 4.84 Å². The van der Waals surface area contributed by atoms with Gasteiger partial charge >= 0.3 is 0 Å². The quantitative estimate of drug-likeness (QED) is 0.308. The van der Waals surface area contributed by atoms with Gasteiger partial charge in [-0.05, 0) is 59.5 Å². The predicted octanol–water partition coefficient (Wildman–Crippen LogP) is 6.08. The predicted molar refractivity (Wildman–Crippen MR) is 123 cm³/mol. The van der Waals surface area contributed by atoms with Crippen molar-refractivity contribution in [3.05, 3.63) is 95.0 Å². The largest absolute Gasteiger partial charge is 0.399 e. The van der Waals surface area contributed by atoms with Gasteiger partial charge in [0.1, 0.15) is 12.9 Å². The zero-order chi connectivity index (χ0) is 20.6. The first-order valence-electron chi connectivity index (χ1n) is 9.11. The Labute approximate surface area is 176 Å². The monoisotopic (exact) mass is 403 g/mol. The fourth-order valence-corrected chi connectivity index (χ4v) is 2.89. The molecule has 0 fully saturated rings. The number of oxime groups is 1. The zero-order valence-electron chi connectivity index (χ0n) is 16.3. The van der Waals surface area contributed by atoms with Gasteiger partial charge in [0.05, 0.1) is 11.4 Å². The molecule has 0 aromatic heterocycles. The summed E-state index contributed by atoms with van der Waals surface area (Å²) in [5.41, 5.74) is 11.9. The molecule has 5 heteroatoms. The molecule has 0 aliphatic heterocycles. The second-order valence-electron chi connectivity index (χ2n) is 6.41. The van der Waals surface area contributed by atoms with Gasteiger partial charge in [-0.1, -0.05) is 71.4 Å². The van der Waals surface area contributed by atoms with Crippen molar-refractivity contribution < 1.29 is 4.84 Å². The van der Waals surface area contributed by atoms with Crippen LogP contribution in [0.2, 0.25) is 5.02 Å². The highest BCUT2D eigenvalue weighted by Gasteiger charge is 2.01. The van der Waals surface area contributed by atoms with E-state index < -0.39 is 0 Å². The lowest BCUT2D eigenvalue weighted by Crippen LogP contribution is -2.06. The van der Waals surface area contributed by atoms with Crippen LogP contribution in [-0.4, -0.2) is 18.7 Å². The molecule has 0 heterocycles. The smallest absolute Gasteiger partial charge is 0.124 e. The Morgan fingerprint density at radius 3 is 2.07 bits per heavy atom. The van der Waals surface area contributed by atoms with Crippen molar-refractivity contribution in [2.75, 3.05) is 7.11 Å². The SMILES string of the molecule is CO/N=C(\C)c1ccc(-c2ccc(/C=C\C(N)=Nc3ccc(Cl)cc3)cc2)cc1. The summed E-state index contributed by atoms with van der Waals surface area (Å²) in [6, 6.07) is 23.7. The third-order valence-electron chi connectivity index (χ3n) is 4.31. The molecule has 0 amide bonds. The Morgan fingerprint density at radius 2 is 1.48 bits per heavy atom. The summed E-state index contributed by atoms with van der Waals surface area (Å²) in [6.45, 7) is 1.92. The minimum absolute atomic E-state index is 0.431. The molecule has 3 rings (SSSR count). The van der Waals surface area contributed by atoms with E-state index >= 15 is 0 Å². The number of rotatable bonds is 6. The molecule has 29 heavy (non-hydrogen) atoms. The molecule has 3 aromatic rings. The average Bonchev–Trinajstić information content (AvgIpc) is 2.75. The van der Waals surface area contributed by atoms with E-state index in [-0.39, 0.29) is 0 Å². The molecule has 0 saturated heterocycles.